The molecule has 2 aliphatic carbocycles. The highest BCUT2D eigenvalue weighted by atomic mass is 32.1. The van der Waals surface area contributed by atoms with E-state index in [9.17, 15) is 0 Å². The highest BCUT2D eigenvalue weighted by molar-refractivity contribution is 7.19. The lowest BCUT2D eigenvalue weighted by molar-refractivity contribution is -0.887. The van der Waals surface area contributed by atoms with Crippen LogP contribution in [0.3, 0.4) is 0 Å². The number of nitrogens with zero attached hydrogens (tertiary/aromatic N) is 2. The molecule has 2 heterocycles. The summed E-state index contributed by atoms with van der Waals surface area (Å²) in [4.78, 5) is 13.4. The van der Waals surface area contributed by atoms with E-state index in [1.54, 1.807) is 11.2 Å². The molecule has 2 aliphatic rings. The molecular formula is C18H27N4S+. The second kappa shape index (κ2) is 6.02. The van der Waals surface area contributed by atoms with Crippen LogP contribution in [-0.4, -0.2) is 36.1 Å². The Balaban J connectivity index is 1.59. The minimum Gasteiger partial charge on any atom is -0.366 e. The van der Waals surface area contributed by atoms with Gasteiger partial charge in [0.2, 0.25) is 0 Å². The number of aromatic nitrogens is 2. The Morgan fingerprint density at radius 2 is 2.09 bits per heavy atom. The molecule has 0 radical (unpaired) electrons. The van der Waals surface area contributed by atoms with Gasteiger partial charge in [0.05, 0.1) is 25.5 Å². The van der Waals surface area contributed by atoms with Crippen LogP contribution in [0.2, 0.25) is 0 Å². The SMILES string of the molecule is C[C@@H]1C[C@@H]([NH+](C)C)CC[C@@H]1Nc1ncnc2sc3c(c12)CCC3. The topological polar surface area (TPSA) is 42.2 Å². The molecule has 0 spiro atoms. The third kappa shape index (κ3) is 2.74. The fourth-order valence-electron chi connectivity index (χ4n) is 4.35. The Hall–Kier alpha value is -1.20. The van der Waals surface area contributed by atoms with E-state index in [2.05, 4.69) is 36.3 Å². The molecule has 0 aliphatic heterocycles. The van der Waals surface area contributed by atoms with E-state index in [1.807, 2.05) is 11.3 Å². The molecule has 0 unspecified atom stereocenters. The van der Waals surface area contributed by atoms with Crippen molar-refractivity contribution in [2.45, 2.75) is 57.5 Å². The summed E-state index contributed by atoms with van der Waals surface area (Å²) < 4.78 is 0. The normalized spacial score (nSPS) is 27.6. The number of rotatable bonds is 3. The van der Waals surface area contributed by atoms with Crippen LogP contribution in [0.5, 0.6) is 0 Å². The van der Waals surface area contributed by atoms with Crippen LogP contribution in [0.4, 0.5) is 5.82 Å². The molecule has 4 rings (SSSR count). The summed E-state index contributed by atoms with van der Waals surface area (Å²) >= 11 is 1.87. The zero-order valence-electron chi connectivity index (χ0n) is 14.4. The van der Waals surface area contributed by atoms with Gasteiger partial charge in [-0.25, -0.2) is 9.97 Å². The molecule has 2 N–H and O–H groups in total. The quantitative estimate of drug-likeness (QED) is 0.907. The summed E-state index contributed by atoms with van der Waals surface area (Å²) in [5.41, 5.74) is 1.52. The third-order valence-corrected chi connectivity index (χ3v) is 7.01. The average molecular weight is 332 g/mol. The molecule has 0 bridgehead atoms. The van der Waals surface area contributed by atoms with Gasteiger partial charge in [-0.15, -0.1) is 11.3 Å². The monoisotopic (exact) mass is 331 g/mol. The summed E-state index contributed by atoms with van der Waals surface area (Å²) in [6.07, 6.45) is 9.30. The van der Waals surface area contributed by atoms with E-state index in [1.165, 1.54) is 59.2 Å². The lowest BCUT2D eigenvalue weighted by Gasteiger charge is -2.36. The van der Waals surface area contributed by atoms with Crippen LogP contribution in [0, 0.1) is 5.92 Å². The Bertz CT molecular complexity index is 708. The van der Waals surface area contributed by atoms with E-state index in [0.717, 1.165) is 11.9 Å². The zero-order chi connectivity index (χ0) is 16.0. The zero-order valence-corrected chi connectivity index (χ0v) is 15.2. The fourth-order valence-corrected chi connectivity index (χ4v) is 5.58. The number of hydrogen-bond acceptors (Lipinski definition) is 4. The molecule has 4 nitrogen and oxygen atoms in total. The van der Waals surface area contributed by atoms with Crippen molar-refractivity contribution in [3.63, 3.8) is 0 Å². The van der Waals surface area contributed by atoms with E-state index in [0.29, 0.717) is 12.0 Å². The van der Waals surface area contributed by atoms with Crippen LogP contribution in [0.1, 0.15) is 43.0 Å². The smallest absolute Gasteiger partial charge is 0.138 e. The van der Waals surface area contributed by atoms with Gasteiger partial charge in [-0.05, 0) is 37.2 Å². The first-order chi connectivity index (χ1) is 11.1. The second-order valence-corrected chi connectivity index (χ2v) is 8.66. The van der Waals surface area contributed by atoms with E-state index < -0.39 is 0 Å². The van der Waals surface area contributed by atoms with Gasteiger partial charge < -0.3 is 10.2 Å². The van der Waals surface area contributed by atoms with Gasteiger partial charge in [0.25, 0.3) is 0 Å². The Kier molecular flexibility index (Phi) is 4.01. The summed E-state index contributed by atoms with van der Waals surface area (Å²) in [7, 11) is 4.57. The molecule has 2 aromatic heterocycles. The van der Waals surface area contributed by atoms with Crippen molar-refractivity contribution in [1.82, 2.24) is 9.97 Å². The predicted molar refractivity (Wildman–Crippen MR) is 96.5 cm³/mol. The van der Waals surface area contributed by atoms with E-state index in [-0.39, 0.29) is 0 Å². The first kappa shape index (κ1) is 15.3. The fraction of sp³-hybridized carbons (Fsp3) is 0.667. The number of aryl methyl sites for hydroxylation is 2. The van der Waals surface area contributed by atoms with Crippen LogP contribution >= 0.6 is 11.3 Å². The van der Waals surface area contributed by atoms with Gasteiger partial charge in [0.1, 0.15) is 17.0 Å². The molecule has 124 valence electrons. The molecule has 0 aromatic carbocycles. The highest BCUT2D eigenvalue weighted by Crippen LogP contribution is 2.39. The molecular weight excluding hydrogens is 304 g/mol. The highest BCUT2D eigenvalue weighted by Gasteiger charge is 2.31. The van der Waals surface area contributed by atoms with E-state index >= 15 is 0 Å². The molecule has 1 saturated carbocycles. The number of thiophene rings is 1. The van der Waals surface area contributed by atoms with Crippen LogP contribution < -0.4 is 10.2 Å². The van der Waals surface area contributed by atoms with Crippen molar-refractivity contribution in [3.8, 4) is 0 Å². The summed E-state index contributed by atoms with van der Waals surface area (Å²) in [6, 6.07) is 1.35. The van der Waals surface area contributed by atoms with Gasteiger partial charge in [0, 0.05) is 23.8 Å². The standard InChI is InChI=1S/C18H26N4S/c1-11-9-12(22(2)3)7-8-14(11)21-17-16-13-5-4-6-15(13)23-18(16)20-10-19-17/h10-12,14H,4-9H2,1-3H3,(H,19,20,21)/p+1/t11-,12+,14+/m1/s1. The largest absolute Gasteiger partial charge is 0.366 e. The van der Waals surface area contributed by atoms with Gasteiger partial charge >= 0.3 is 0 Å². The maximum atomic E-state index is 4.62. The molecule has 3 atom stereocenters. The van der Waals surface area contributed by atoms with Crippen LogP contribution in [0.25, 0.3) is 10.2 Å². The summed E-state index contributed by atoms with van der Waals surface area (Å²) in [6.45, 7) is 2.39. The van der Waals surface area contributed by atoms with Crippen molar-refractivity contribution in [2.24, 2.45) is 5.92 Å². The minimum absolute atomic E-state index is 0.542. The van der Waals surface area contributed by atoms with Crippen molar-refractivity contribution in [3.05, 3.63) is 16.8 Å². The maximum absolute atomic E-state index is 4.62. The minimum atomic E-state index is 0.542. The van der Waals surface area contributed by atoms with Gasteiger partial charge in [-0.1, -0.05) is 6.92 Å². The number of fused-ring (bicyclic) bond motifs is 3. The third-order valence-electron chi connectivity index (χ3n) is 5.81. The Morgan fingerprint density at radius 3 is 2.87 bits per heavy atom. The van der Waals surface area contributed by atoms with Crippen molar-refractivity contribution in [1.29, 1.82) is 0 Å². The number of anilines is 1. The number of nitrogens with one attached hydrogen (secondary N) is 2. The lowest BCUT2D eigenvalue weighted by Crippen LogP contribution is -3.10. The molecule has 23 heavy (non-hydrogen) atoms. The first-order valence-corrected chi connectivity index (χ1v) is 9.77. The molecule has 5 heteroatoms. The van der Waals surface area contributed by atoms with Crippen molar-refractivity contribution < 1.29 is 4.90 Å². The molecule has 2 aromatic rings. The molecule has 1 fully saturated rings. The van der Waals surface area contributed by atoms with Crippen molar-refractivity contribution >= 4 is 27.4 Å². The first-order valence-electron chi connectivity index (χ1n) is 8.95. The van der Waals surface area contributed by atoms with Gasteiger partial charge in [-0.3, -0.25) is 0 Å². The summed E-state index contributed by atoms with van der Waals surface area (Å²) in [5.74, 6) is 1.78. The summed E-state index contributed by atoms with van der Waals surface area (Å²) in [5, 5.41) is 5.11. The predicted octanol–water partition coefficient (Wildman–Crippen LogP) is 2.29. The Labute approximate surface area is 142 Å². The molecule has 0 amide bonds. The van der Waals surface area contributed by atoms with Gasteiger partial charge in [-0.2, -0.15) is 0 Å². The Morgan fingerprint density at radius 1 is 1.22 bits per heavy atom. The van der Waals surface area contributed by atoms with Gasteiger partial charge in [0.15, 0.2) is 0 Å². The van der Waals surface area contributed by atoms with E-state index in [4.69, 9.17) is 0 Å². The van der Waals surface area contributed by atoms with Crippen molar-refractivity contribution in [2.75, 3.05) is 19.4 Å². The van der Waals surface area contributed by atoms with Crippen LogP contribution in [-0.2, 0) is 12.8 Å². The maximum Gasteiger partial charge on any atom is 0.138 e. The second-order valence-electron chi connectivity index (χ2n) is 7.58. The average Bonchev–Trinajstić information content (AvgIpc) is 3.09. The van der Waals surface area contributed by atoms with Crippen LogP contribution in [0.15, 0.2) is 6.33 Å². The number of quaternary nitrogens is 1. The lowest BCUT2D eigenvalue weighted by atomic mass is 9.82. The number of hydrogen-bond donors (Lipinski definition) is 2. The molecule has 0 saturated heterocycles.